The van der Waals surface area contributed by atoms with Gasteiger partial charge < -0.3 is 5.32 Å². The Balaban J connectivity index is 2.40. The normalized spacial score (nSPS) is 11.3. The summed E-state index contributed by atoms with van der Waals surface area (Å²) in [6, 6.07) is 6.29. The number of rotatable bonds is 7. The van der Waals surface area contributed by atoms with Crippen molar-refractivity contribution in [1.82, 2.24) is 5.32 Å². The van der Waals surface area contributed by atoms with E-state index in [1.807, 2.05) is 0 Å². The third-order valence-electron chi connectivity index (χ3n) is 2.53. The van der Waals surface area contributed by atoms with E-state index in [2.05, 4.69) is 5.32 Å². The second kappa shape index (κ2) is 7.47. The summed E-state index contributed by atoms with van der Waals surface area (Å²) in [6.07, 6.45) is 1.72. The molecule has 0 aliphatic carbocycles. The van der Waals surface area contributed by atoms with Gasteiger partial charge >= 0.3 is 0 Å². The number of nitrogens with one attached hydrogen (secondary N) is 1. The lowest BCUT2D eigenvalue weighted by atomic mass is 10.1. The summed E-state index contributed by atoms with van der Waals surface area (Å²) in [5, 5.41) is 7.77. The molecule has 5 nitrogen and oxygen atoms in total. The summed E-state index contributed by atoms with van der Waals surface area (Å²) >= 11 is 5.49. The molecule has 0 aliphatic heterocycles. The Hall–Kier alpha value is -1.11. The Morgan fingerprint density at radius 3 is 2.42 bits per heavy atom. The molecule has 1 aromatic carbocycles. The van der Waals surface area contributed by atoms with E-state index in [0.717, 1.165) is 5.56 Å². The summed E-state index contributed by atoms with van der Waals surface area (Å²) in [5.74, 6) is 0.449. The minimum absolute atomic E-state index is 0.0261. The fraction of sp³-hybridized carbons (Fsp3) is 0.417. The van der Waals surface area contributed by atoms with Crippen LogP contribution in [0.15, 0.2) is 29.2 Å². The lowest BCUT2D eigenvalue weighted by Gasteiger charge is -2.05. The fourth-order valence-corrected chi connectivity index (χ4v) is 2.16. The molecule has 0 radical (unpaired) electrons. The summed E-state index contributed by atoms with van der Waals surface area (Å²) in [5.41, 5.74) is 0.935. The highest BCUT2D eigenvalue weighted by molar-refractivity contribution is 7.89. The van der Waals surface area contributed by atoms with Crippen molar-refractivity contribution < 1.29 is 13.2 Å². The lowest BCUT2D eigenvalue weighted by molar-refractivity contribution is -0.121. The van der Waals surface area contributed by atoms with Crippen LogP contribution in [0.4, 0.5) is 0 Å². The zero-order valence-corrected chi connectivity index (χ0v) is 12.0. The minimum Gasteiger partial charge on any atom is -0.356 e. The van der Waals surface area contributed by atoms with Gasteiger partial charge in [-0.15, -0.1) is 11.6 Å². The van der Waals surface area contributed by atoms with Crippen LogP contribution in [0.3, 0.4) is 0 Å². The molecule has 106 valence electrons. The number of nitrogens with two attached hydrogens (primary N) is 1. The Bertz CT molecular complexity index is 514. The molecule has 1 amide bonds. The number of carbonyl (C=O) groups is 1. The SMILES string of the molecule is NS(=O)(=O)c1ccc(CCNC(=O)CCCCl)cc1. The number of primary sulfonamides is 1. The van der Waals surface area contributed by atoms with Gasteiger partial charge in [-0.2, -0.15) is 0 Å². The minimum atomic E-state index is -3.65. The summed E-state index contributed by atoms with van der Waals surface area (Å²) in [6.45, 7) is 0.510. The number of hydrogen-bond donors (Lipinski definition) is 2. The highest BCUT2D eigenvalue weighted by atomic mass is 35.5. The van der Waals surface area contributed by atoms with E-state index >= 15 is 0 Å². The first-order valence-electron chi connectivity index (χ1n) is 5.88. The predicted octanol–water partition coefficient (Wildman–Crippen LogP) is 1.01. The molecule has 0 saturated heterocycles. The van der Waals surface area contributed by atoms with E-state index in [1.54, 1.807) is 12.1 Å². The Labute approximate surface area is 118 Å². The van der Waals surface area contributed by atoms with E-state index in [4.69, 9.17) is 16.7 Å². The zero-order chi connectivity index (χ0) is 14.3. The van der Waals surface area contributed by atoms with Gasteiger partial charge in [-0.1, -0.05) is 12.1 Å². The summed E-state index contributed by atoms with van der Waals surface area (Å²) < 4.78 is 22.1. The van der Waals surface area contributed by atoms with Crippen molar-refractivity contribution in [3.8, 4) is 0 Å². The number of halogens is 1. The molecule has 3 N–H and O–H groups in total. The maximum Gasteiger partial charge on any atom is 0.238 e. The van der Waals surface area contributed by atoms with Gasteiger partial charge in [-0.3, -0.25) is 4.79 Å². The summed E-state index contributed by atoms with van der Waals surface area (Å²) in [4.78, 5) is 11.4. The van der Waals surface area contributed by atoms with Gasteiger partial charge in [0.2, 0.25) is 15.9 Å². The molecule has 0 bridgehead atoms. The number of hydrogen-bond acceptors (Lipinski definition) is 3. The van der Waals surface area contributed by atoms with Crippen molar-refractivity contribution in [1.29, 1.82) is 0 Å². The molecule has 0 aromatic heterocycles. The first kappa shape index (κ1) is 15.9. The number of benzene rings is 1. The van der Waals surface area contributed by atoms with Crippen molar-refractivity contribution in [2.45, 2.75) is 24.2 Å². The number of sulfonamides is 1. The molecule has 0 unspecified atom stereocenters. The molecule has 0 aliphatic rings. The average Bonchev–Trinajstić information content (AvgIpc) is 2.36. The van der Waals surface area contributed by atoms with Crippen molar-refractivity contribution in [3.05, 3.63) is 29.8 Å². The van der Waals surface area contributed by atoms with E-state index < -0.39 is 10.0 Å². The van der Waals surface area contributed by atoms with E-state index in [-0.39, 0.29) is 10.8 Å². The second-order valence-corrected chi connectivity index (χ2v) is 6.02. The van der Waals surface area contributed by atoms with Crippen LogP contribution in [0.5, 0.6) is 0 Å². The van der Waals surface area contributed by atoms with Crippen LogP contribution in [-0.2, 0) is 21.2 Å². The molecule has 7 heteroatoms. The van der Waals surface area contributed by atoms with Crippen LogP contribution in [-0.4, -0.2) is 26.7 Å². The van der Waals surface area contributed by atoms with Crippen molar-refractivity contribution in [2.75, 3.05) is 12.4 Å². The number of carbonyl (C=O) groups excluding carboxylic acids is 1. The molecule has 0 saturated carbocycles. The zero-order valence-electron chi connectivity index (χ0n) is 10.4. The average molecular weight is 305 g/mol. The van der Waals surface area contributed by atoms with E-state index in [1.165, 1.54) is 12.1 Å². The van der Waals surface area contributed by atoms with Gasteiger partial charge in [0.1, 0.15) is 0 Å². The van der Waals surface area contributed by atoms with Gasteiger partial charge in [0.25, 0.3) is 0 Å². The maximum atomic E-state index is 11.3. The fourth-order valence-electron chi connectivity index (χ4n) is 1.51. The van der Waals surface area contributed by atoms with Gasteiger partial charge in [-0.25, -0.2) is 13.6 Å². The molecule has 19 heavy (non-hydrogen) atoms. The standard InChI is InChI=1S/C12H17ClN2O3S/c13-8-1-2-12(16)15-9-7-10-3-5-11(6-4-10)19(14,17)18/h3-6H,1-2,7-9H2,(H,15,16)(H2,14,17,18). The van der Waals surface area contributed by atoms with Crippen LogP contribution >= 0.6 is 11.6 Å². The first-order valence-corrected chi connectivity index (χ1v) is 7.96. The maximum absolute atomic E-state index is 11.3. The van der Waals surface area contributed by atoms with Gasteiger partial charge in [0, 0.05) is 18.8 Å². The number of amides is 1. The van der Waals surface area contributed by atoms with Gasteiger partial charge in [0.05, 0.1) is 4.90 Å². The van der Waals surface area contributed by atoms with Crippen molar-refractivity contribution >= 4 is 27.5 Å². The highest BCUT2D eigenvalue weighted by Gasteiger charge is 2.06. The monoisotopic (exact) mass is 304 g/mol. The molecular weight excluding hydrogens is 288 g/mol. The van der Waals surface area contributed by atoms with E-state index in [0.29, 0.717) is 31.7 Å². The second-order valence-electron chi connectivity index (χ2n) is 4.08. The predicted molar refractivity (Wildman–Crippen MR) is 74.5 cm³/mol. The highest BCUT2D eigenvalue weighted by Crippen LogP contribution is 2.08. The topological polar surface area (TPSA) is 89.3 Å². The molecular formula is C12H17ClN2O3S. The van der Waals surface area contributed by atoms with Crippen LogP contribution in [0.2, 0.25) is 0 Å². The third kappa shape index (κ3) is 6.04. The van der Waals surface area contributed by atoms with Gasteiger partial charge in [-0.05, 0) is 30.5 Å². The van der Waals surface area contributed by atoms with Crippen LogP contribution < -0.4 is 10.5 Å². The third-order valence-corrected chi connectivity index (χ3v) is 3.72. The van der Waals surface area contributed by atoms with Crippen molar-refractivity contribution in [3.63, 3.8) is 0 Å². The van der Waals surface area contributed by atoms with E-state index in [9.17, 15) is 13.2 Å². The molecule has 1 rings (SSSR count). The molecule has 0 atom stereocenters. The van der Waals surface area contributed by atoms with Crippen LogP contribution in [0.25, 0.3) is 0 Å². The van der Waals surface area contributed by atoms with Gasteiger partial charge in [0.15, 0.2) is 0 Å². The molecule has 0 spiro atoms. The molecule has 1 aromatic rings. The lowest BCUT2D eigenvalue weighted by Crippen LogP contribution is -2.25. The molecule has 0 heterocycles. The molecule has 0 fully saturated rings. The van der Waals surface area contributed by atoms with Crippen LogP contribution in [0.1, 0.15) is 18.4 Å². The van der Waals surface area contributed by atoms with Crippen molar-refractivity contribution in [2.24, 2.45) is 5.14 Å². The number of alkyl halides is 1. The first-order chi connectivity index (χ1) is 8.93. The van der Waals surface area contributed by atoms with Crippen LogP contribution in [0, 0.1) is 0 Å². The largest absolute Gasteiger partial charge is 0.356 e. The quantitative estimate of drug-likeness (QED) is 0.737. The Morgan fingerprint density at radius 2 is 1.89 bits per heavy atom. The Kier molecular flexibility index (Phi) is 6.27. The summed E-state index contributed by atoms with van der Waals surface area (Å²) in [7, 11) is -3.65. The Morgan fingerprint density at radius 1 is 1.26 bits per heavy atom. The smallest absolute Gasteiger partial charge is 0.238 e.